The van der Waals surface area contributed by atoms with Crippen LogP contribution in [-0.2, 0) is 0 Å². The molecule has 1 N–H and O–H groups in total. The van der Waals surface area contributed by atoms with E-state index in [1.54, 1.807) is 19.1 Å². The van der Waals surface area contributed by atoms with Crippen molar-refractivity contribution in [3.63, 3.8) is 0 Å². The molecule has 5 nitrogen and oxygen atoms in total. The zero-order valence-electron chi connectivity index (χ0n) is 11.6. The number of aryl methyl sites for hydroxylation is 1. The van der Waals surface area contributed by atoms with Gasteiger partial charge in [0.25, 0.3) is 5.91 Å². The number of benzene rings is 1. The van der Waals surface area contributed by atoms with Gasteiger partial charge >= 0.3 is 0 Å². The van der Waals surface area contributed by atoms with Gasteiger partial charge in [0.2, 0.25) is 0 Å². The summed E-state index contributed by atoms with van der Waals surface area (Å²) < 4.78 is 10.8. The van der Waals surface area contributed by atoms with Crippen molar-refractivity contribution in [3.8, 4) is 5.75 Å². The normalized spacial score (nSPS) is 17.5. The largest absolute Gasteiger partial charge is 0.493 e. The standard InChI is InChI=1S/C15H15ClN2O3/c1-9-14(17-8-21-9)15(19)18-12-3-2-6-20-13-7-10(16)4-5-11(12)13/h4-5,7-8,12H,2-3,6H2,1H3,(H,18,19)/t12-/m0/s1. The van der Waals surface area contributed by atoms with E-state index >= 15 is 0 Å². The van der Waals surface area contributed by atoms with Crippen LogP contribution in [0.1, 0.15) is 40.7 Å². The van der Waals surface area contributed by atoms with Gasteiger partial charge in [-0.1, -0.05) is 17.7 Å². The Morgan fingerprint density at radius 3 is 3.10 bits per heavy atom. The summed E-state index contributed by atoms with van der Waals surface area (Å²) in [6.45, 7) is 2.33. The Hall–Kier alpha value is -2.01. The molecule has 21 heavy (non-hydrogen) atoms. The Morgan fingerprint density at radius 2 is 2.33 bits per heavy atom. The van der Waals surface area contributed by atoms with Crippen LogP contribution in [0, 0.1) is 6.92 Å². The predicted molar refractivity (Wildman–Crippen MR) is 77.6 cm³/mol. The van der Waals surface area contributed by atoms with Crippen LogP contribution >= 0.6 is 11.6 Å². The van der Waals surface area contributed by atoms with Crippen LogP contribution in [0.25, 0.3) is 0 Å². The molecule has 0 radical (unpaired) electrons. The minimum atomic E-state index is -0.242. The highest BCUT2D eigenvalue weighted by molar-refractivity contribution is 6.30. The van der Waals surface area contributed by atoms with Crippen molar-refractivity contribution in [1.82, 2.24) is 10.3 Å². The van der Waals surface area contributed by atoms with Crippen molar-refractivity contribution in [3.05, 3.63) is 46.6 Å². The van der Waals surface area contributed by atoms with Gasteiger partial charge in [0.05, 0.1) is 12.6 Å². The molecule has 2 heterocycles. The number of amides is 1. The summed E-state index contributed by atoms with van der Waals surface area (Å²) >= 11 is 6.00. The van der Waals surface area contributed by atoms with Gasteiger partial charge in [-0.3, -0.25) is 4.79 Å². The maximum Gasteiger partial charge on any atom is 0.274 e. The second-order valence-electron chi connectivity index (χ2n) is 4.96. The lowest BCUT2D eigenvalue weighted by molar-refractivity contribution is 0.0928. The quantitative estimate of drug-likeness (QED) is 0.924. The minimum absolute atomic E-state index is 0.122. The van der Waals surface area contributed by atoms with Gasteiger partial charge in [0.1, 0.15) is 11.5 Å². The number of halogens is 1. The summed E-state index contributed by atoms with van der Waals surface area (Å²) in [7, 11) is 0. The molecule has 0 unspecified atom stereocenters. The number of oxazole rings is 1. The molecule has 6 heteroatoms. The van der Waals surface area contributed by atoms with E-state index in [4.69, 9.17) is 20.8 Å². The van der Waals surface area contributed by atoms with Crippen molar-refractivity contribution >= 4 is 17.5 Å². The first kappa shape index (κ1) is 13.9. The maximum atomic E-state index is 12.3. The number of hydrogen-bond acceptors (Lipinski definition) is 4. The SMILES string of the molecule is Cc1ocnc1C(=O)N[C@H]1CCCOc2cc(Cl)ccc21. The first-order chi connectivity index (χ1) is 10.1. The van der Waals surface area contributed by atoms with Gasteiger partial charge < -0.3 is 14.5 Å². The fraction of sp³-hybridized carbons (Fsp3) is 0.333. The molecule has 0 saturated carbocycles. The van der Waals surface area contributed by atoms with E-state index in [0.717, 1.165) is 24.2 Å². The summed E-state index contributed by atoms with van der Waals surface area (Å²) in [5.41, 5.74) is 1.25. The number of aromatic nitrogens is 1. The molecule has 0 spiro atoms. The molecule has 0 aliphatic carbocycles. The Morgan fingerprint density at radius 1 is 1.48 bits per heavy atom. The molecule has 0 fully saturated rings. The van der Waals surface area contributed by atoms with Crippen molar-refractivity contribution < 1.29 is 13.9 Å². The van der Waals surface area contributed by atoms with Crippen LogP contribution in [0.2, 0.25) is 5.02 Å². The van der Waals surface area contributed by atoms with E-state index < -0.39 is 0 Å². The van der Waals surface area contributed by atoms with Crippen LogP contribution in [0.4, 0.5) is 0 Å². The van der Waals surface area contributed by atoms with Crippen molar-refractivity contribution in [2.24, 2.45) is 0 Å². The van der Waals surface area contributed by atoms with Crippen LogP contribution < -0.4 is 10.1 Å². The van der Waals surface area contributed by atoms with Gasteiger partial charge in [0.15, 0.2) is 12.1 Å². The highest BCUT2D eigenvalue weighted by Crippen LogP contribution is 2.33. The van der Waals surface area contributed by atoms with Gasteiger partial charge in [-0.25, -0.2) is 4.98 Å². The monoisotopic (exact) mass is 306 g/mol. The number of hydrogen-bond donors (Lipinski definition) is 1. The minimum Gasteiger partial charge on any atom is -0.493 e. The molecule has 1 aromatic carbocycles. The highest BCUT2D eigenvalue weighted by atomic mass is 35.5. The van der Waals surface area contributed by atoms with E-state index in [1.165, 1.54) is 6.39 Å². The Kier molecular flexibility index (Phi) is 3.84. The topological polar surface area (TPSA) is 64.4 Å². The second kappa shape index (κ2) is 5.77. The molecule has 1 aromatic heterocycles. The van der Waals surface area contributed by atoms with E-state index in [1.807, 2.05) is 6.07 Å². The fourth-order valence-electron chi connectivity index (χ4n) is 2.45. The van der Waals surface area contributed by atoms with Gasteiger partial charge in [0, 0.05) is 10.6 Å². The third-order valence-electron chi connectivity index (χ3n) is 3.51. The van der Waals surface area contributed by atoms with E-state index in [-0.39, 0.29) is 11.9 Å². The van der Waals surface area contributed by atoms with Gasteiger partial charge in [-0.2, -0.15) is 0 Å². The molecule has 110 valence electrons. The molecule has 1 aliphatic heterocycles. The van der Waals surface area contributed by atoms with Crippen LogP contribution in [0.15, 0.2) is 29.0 Å². The molecular formula is C15H15ClN2O3. The Balaban J connectivity index is 1.86. The van der Waals surface area contributed by atoms with Crippen molar-refractivity contribution in [2.75, 3.05) is 6.61 Å². The molecular weight excluding hydrogens is 292 g/mol. The summed E-state index contributed by atoms with van der Waals surface area (Å²) in [6.07, 6.45) is 2.93. The lowest BCUT2D eigenvalue weighted by atomic mass is 10.0. The highest BCUT2D eigenvalue weighted by Gasteiger charge is 2.24. The molecule has 2 aromatic rings. The van der Waals surface area contributed by atoms with Gasteiger partial charge in [-0.15, -0.1) is 0 Å². The fourth-order valence-corrected chi connectivity index (χ4v) is 2.61. The summed E-state index contributed by atoms with van der Waals surface area (Å²) in [4.78, 5) is 16.2. The average Bonchev–Trinajstić information content (AvgIpc) is 2.79. The molecule has 3 rings (SSSR count). The van der Waals surface area contributed by atoms with E-state index in [2.05, 4.69) is 10.3 Å². The third kappa shape index (κ3) is 2.88. The zero-order valence-corrected chi connectivity index (χ0v) is 12.3. The van der Waals surface area contributed by atoms with E-state index in [9.17, 15) is 4.79 Å². The molecule has 0 bridgehead atoms. The number of rotatable bonds is 2. The lowest BCUT2D eigenvalue weighted by Crippen LogP contribution is -2.29. The summed E-state index contributed by atoms with van der Waals surface area (Å²) in [5, 5.41) is 3.61. The number of nitrogens with zero attached hydrogens (tertiary/aromatic N) is 1. The van der Waals surface area contributed by atoms with Crippen molar-refractivity contribution in [2.45, 2.75) is 25.8 Å². The predicted octanol–water partition coefficient (Wildman–Crippen LogP) is 3.28. The van der Waals surface area contributed by atoms with Crippen LogP contribution in [0.3, 0.4) is 0 Å². The maximum absolute atomic E-state index is 12.3. The lowest BCUT2D eigenvalue weighted by Gasteiger charge is -2.18. The van der Waals surface area contributed by atoms with Crippen LogP contribution in [0.5, 0.6) is 5.75 Å². The van der Waals surface area contributed by atoms with Crippen molar-refractivity contribution in [1.29, 1.82) is 0 Å². The number of ether oxygens (including phenoxy) is 1. The first-order valence-corrected chi connectivity index (χ1v) is 7.16. The molecule has 1 amide bonds. The van der Waals surface area contributed by atoms with Crippen LogP contribution in [-0.4, -0.2) is 17.5 Å². The molecule has 1 atom stereocenters. The number of carbonyl (C=O) groups excluding carboxylic acids is 1. The molecule has 1 aliphatic rings. The number of carbonyl (C=O) groups is 1. The third-order valence-corrected chi connectivity index (χ3v) is 3.75. The summed E-state index contributed by atoms with van der Waals surface area (Å²) in [5.74, 6) is 0.991. The number of nitrogens with one attached hydrogen (secondary N) is 1. The summed E-state index contributed by atoms with van der Waals surface area (Å²) in [6, 6.07) is 5.35. The van der Waals surface area contributed by atoms with E-state index in [0.29, 0.717) is 23.1 Å². The zero-order chi connectivity index (χ0) is 14.8. The smallest absolute Gasteiger partial charge is 0.274 e. The van der Waals surface area contributed by atoms with Gasteiger partial charge in [-0.05, 0) is 31.9 Å². The first-order valence-electron chi connectivity index (χ1n) is 6.78. The molecule has 0 saturated heterocycles. The Labute approximate surface area is 127 Å². The Bertz CT molecular complexity index is 669. The average molecular weight is 307 g/mol. The second-order valence-corrected chi connectivity index (χ2v) is 5.39. The number of fused-ring (bicyclic) bond motifs is 1.